The van der Waals surface area contributed by atoms with Crippen LogP contribution in [-0.2, 0) is 12.8 Å². The first kappa shape index (κ1) is 11.7. The zero-order valence-corrected chi connectivity index (χ0v) is 12.0. The molecule has 3 rings (SSSR count). The normalized spacial score (nSPS) is 11.5. The lowest BCUT2D eigenvalue weighted by Crippen LogP contribution is -1.82. The van der Waals surface area contributed by atoms with E-state index in [9.17, 15) is 0 Å². The molecule has 0 saturated carbocycles. The summed E-state index contributed by atoms with van der Waals surface area (Å²) in [5.74, 6) is 0. The summed E-state index contributed by atoms with van der Waals surface area (Å²) in [5, 5.41) is 2.92. The van der Waals surface area contributed by atoms with Crippen molar-refractivity contribution in [1.82, 2.24) is 0 Å². The van der Waals surface area contributed by atoms with Gasteiger partial charge in [-0.2, -0.15) is 0 Å². The Bertz CT molecular complexity index is 719. The number of hydrogen-bond acceptors (Lipinski definition) is 1. The summed E-state index contributed by atoms with van der Waals surface area (Å²) in [6.45, 7) is 6.72. The average Bonchev–Trinajstić information content (AvgIpc) is 2.79. The average molecular weight is 254 g/mol. The van der Waals surface area contributed by atoms with Gasteiger partial charge in [0.2, 0.25) is 0 Å². The molecular weight excluding hydrogens is 236 g/mol. The van der Waals surface area contributed by atoms with Crippen LogP contribution in [0, 0.1) is 6.92 Å². The molecule has 0 nitrogen and oxygen atoms in total. The van der Waals surface area contributed by atoms with Gasteiger partial charge in [0.05, 0.1) is 0 Å². The first-order valence-corrected chi connectivity index (χ1v) is 7.50. The number of thiophene rings is 1. The highest BCUT2D eigenvalue weighted by atomic mass is 32.1. The number of hydrogen-bond donors (Lipinski definition) is 0. The molecule has 0 spiro atoms. The van der Waals surface area contributed by atoms with Crippen molar-refractivity contribution in [3.63, 3.8) is 0 Å². The molecular formula is C17H18S. The van der Waals surface area contributed by atoms with Gasteiger partial charge in [-0.25, -0.2) is 0 Å². The van der Waals surface area contributed by atoms with Crippen LogP contribution >= 0.6 is 11.3 Å². The topological polar surface area (TPSA) is 0 Å². The second-order valence-electron chi connectivity index (χ2n) is 4.85. The predicted octanol–water partition coefficient (Wildman–Crippen LogP) is 5.49. The van der Waals surface area contributed by atoms with E-state index in [1.54, 1.807) is 0 Å². The second kappa shape index (κ2) is 4.40. The van der Waals surface area contributed by atoms with E-state index in [0.717, 1.165) is 12.8 Å². The van der Waals surface area contributed by atoms with Gasteiger partial charge >= 0.3 is 0 Å². The van der Waals surface area contributed by atoms with Crippen LogP contribution in [0.25, 0.3) is 20.2 Å². The summed E-state index contributed by atoms with van der Waals surface area (Å²) in [6, 6.07) is 11.3. The molecule has 0 radical (unpaired) electrons. The smallest absolute Gasteiger partial charge is 0.0390 e. The number of fused-ring (bicyclic) bond motifs is 3. The third-order valence-electron chi connectivity index (χ3n) is 3.78. The molecule has 0 aliphatic heterocycles. The Morgan fingerprint density at radius 1 is 0.889 bits per heavy atom. The van der Waals surface area contributed by atoms with Gasteiger partial charge in [-0.3, -0.25) is 0 Å². The first-order valence-electron chi connectivity index (χ1n) is 6.68. The van der Waals surface area contributed by atoms with Crippen molar-refractivity contribution in [1.29, 1.82) is 0 Å². The monoisotopic (exact) mass is 254 g/mol. The predicted molar refractivity (Wildman–Crippen MR) is 82.8 cm³/mol. The fourth-order valence-corrected chi connectivity index (χ4v) is 4.28. The molecule has 0 aliphatic rings. The number of benzene rings is 2. The van der Waals surface area contributed by atoms with Crippen molar-refractivity contribution in [2.45, 2.75) is 33.6 Å². The fraction of sp³-hybridized carbons (Fsp3) is 0.294. The van der Waals surface area contributed by atoms with Crippen LogP contribution in [-0.4, -0.2) is 0 Å². The molecule has 1 aromatic heterocycles. The van der Waals surface area contributed by atoms with E-state index in [2.05, 4.69) is 51.1 Å². The van der Waals surface area contributed by atoms with Crippen LogP contribution < -0.4 is 0 Å². The lowest BCUT2D eigenvalue weighted by atomic mass is 10.0. The van der Waals surface area contributed by atoms with E-state index < -0.39 is 0 Å². The van der Waals surface area contributed by atoms with Crippen LogP contribution in [0.3, 0.4) is 0 Å². The van der Waals surface area contributed by atoms with Gasteiger partial charge in [0.15, 0.2) is 0 Å². The van der Waals surface area contributed by atoms with Gasteiger partial charge in [-0.05, 0) is 36.5 Å². The Balaban J connectivity index is 2.53. The zero-order valence-electron chi connectivity index (χ0n) is 11.2. The lowest BCUT2D eigenvalue weighted by Gasteiger charge is -2.02. The number of rotatable bonds is 2. The molecule has 0 saturated heterocycles. The largest absolute Gasteiger partial charge is 0.135 e. The van der Waals surface area contributed by atoms with Crippen molar-refractivity contribution >= 4 is 31.5 Å². The van der Waals surface area contributed by atoms with E-state index in [4.69, 9.17) is 0 Å². The quantitative estimate of drug-likeness (QED) is 0.567. The molecule has 0 atom stereocenters. The fourth-order valence-electron chi connectivity index (χ4n) is 2.74. The molecule has 0 N–H and O–H groups in total. The van der Waals surface area contributed by atoms with Crippen LogP contribution in [0.5, 0.6) is 0 Å². The number of aryl methyl sites for hydroxylation is 3. The van der Waals surface area contributed by atoms with Crippen LogP contribution in [0.4, 0.5) is 0 Å². The van der Waals surface area contributed by atoms with Gasteiger partial charge < -0.3 is 0 Å². The summed E-state index contributed by atoms with van der Waals surface area (Å²) in [5.41, 5.74) is 4.37. The van der Waals surface area contributed by atoms with Crippen molar-refractivity contribution < 1.29 is 0 Å². The third-order valence-corrected chi connectivity index (χ3v) is 5.14. The minimum absolute atomic E-state index is 1.12. The second-order valence-corrected chi connectivity index (χ2v) is 5.87. The van der Waals surface area contributed by atoms with Gasteiger partial charge in [-0.1, -0.05) is 44.2 Å². The maximum atomic E-state index is 2.29. The van der Waals surface area contributed by atoms with E-state index in [1.807, 2.05) is 11.3 Å². The van der Waals surface area contributed by atoms with E-state index >= 15 is 0 Å². The Hall–Kier alpha value is -1.34. The van der Waals surface area contributed by atoms with Crippen LogP contribution in [0.1, 0.15) is 30.5 Å². The van der Waals surface area contributed by atoms with E-state index in [0.29, 0.717) is 0 Å². The van der Waals surface area contributed by atoms with Crippen molar-refractivity contribution in [3.8, 4) is 0 Å². The summed E-state index contributed by atoms with van der Waals surface area (Å²) >= 11 is 1.98. The molecule has 2 aromatic carbocycles. The maximum absolute atomic E-state index is 2.29. The van der Waals surface area contributed by atoms with Crippen molar-refractivity contribution in [2.75, 3.05) is 0 Å². The Kier molecular flexibility index (Phi) is 2.87. The Morgan fingerprint density at radius 2 is 1.61 bits per heavy atom. The van der Waals surface area contributed by atoms with Crippen LogP contribution in [0.2, 0.25) is 0 Å². The molecule has 0 unspecified atom stereocenters. The van der Waals surface area contributed by atoms with Gasteiger partial charge in [0, 0.05) is 20.2 Å². The Labute approximate surface area is 112 Å². The lowest BCUT2D eigenvalue weighted by molar-refractivity contribution is 1.16. The maximum Gasteiger partial charge on any atom is 0.0390 e. The van der Waals surface area contributed by atoms with E-state index in [-0.39, 0.29) is 0 Å². The zero-order chi connectivity index (χ0) is 12.7. The highest BCUT2D eigenvalue weighted by molar-refractivity contribution is 7.26. The SMILES string of the molecule is CCc1cccc2c1sc1c(CC)ccc(C)c12. The third kappa shape index (κ3) is 1.58. The Morgan fingerprint density at radius 3 is 2.33 bits per heavy atom. The van der Waals surface area contributed by atoms with Gasteiger partial charge in [-0.15, -0.1) is 11.3 Å². The minimum Gasteiger partial charge on any atom is -0.135 e. The highest BCUT2D eigenvalue weighted by Crippen LogP contribution is 2.39. The standard InChI is InChI=1S/C17H18S/c1-4-12-7-6-8-14-15-11(3)9-10-13(5-2)17(15)18-16(12)14/h6-10H,4-5H2,1-3H3. The summed E-state index contributed by atoms with van der Waals surface area (Å²) < 4.78 is 2.98. The van der Waals surface area contributed by atoms with Gasteiger partial charge in [0.25, 0.3) is 0 Å². The molecule has 3 aromatic rings. The van der Waals surface area contributed by atoms with Gasteiger partial charge in [0.1, 0.15) is 0 Å². The molecule has 0 amide bonds. The van der Waals surface area contributed by atoms with Crippen molar-refractivity contribution in [2.24, 2.45) is 0 Å². The highest BCUT2D eigenvalue weighted by Gasteiger charge is 2.12. The molecule has 1 heterocycles. The summed E-state index contributed by atoms with van der Waals surface area (Å²) in [7, 11) is 0. The van der Waals surface area contributed by atoms with Crippen LogP contribution in [0.15, 0.2) is 30.3 Å². The molecule has 18 heavy (non-hydrogen) atoms. The molecule has 0 bridgehead atoms. The minimum atomic E-state index is 1.12. The molecule has 92 valence electrons. The van der Waals surface area contributed by atoms with E-state index in [1.165, 1.54) is 36.9 Å². The summed E-state index contributed by atoms with van der Waals surface area (Å²) in [6.07, 6.45) is 2.23. The molecule has 0 aliphatic carbocycles. The molecule has 1 heteroatoms. The first-order chi connectivity index (χ1) is 8.76. The van der Waals surface area contributed by atoms with Crippen molar-refractivity contribution in [3.05, 3.63) is 47.0 Å². The molecule has 0 fully saturated rings. The summed E-state index contributed by atoms with van der Waals surface area (Å²) in [4.78, 5) is 0.